The van der Waals surface area contributed by atoms with Gasteiger partial charge in [-0.3, -0.25) is 0 Å². The molecule has 0 bridgehead atoms. The molecule has 0 radical (unpaired) electrons. The maximum atomic E-state index is 9.71. The lowest BCUT2D eigenvalue weighted by Crippen LogP contribution is -2.27. The molecule has 0 amide bonds. The van der Waals surface area contributed by atoms with Crippen LogP contribution in [0, 0.1) is 11.3 Å². The fraction of sp³-hybridized carbons (Fsp3) is 0.348. The summed E-state index contributed by atoms with van der Waals surface area (Å²) in [6, 6.07) is 17.8. The zero-order valence-electron chi connectivity index (χ0n) is 16.3. The molecular weight excluding hydrogens is 356 g/mol. The summed E-state index contributed by atoms with van der Waals surface area (Å²) in [7, 11) is 0. The molecule has 2 aromatic rings. The average molecular weight is 383 g/mol. The van der Waals surface area contributed by atoms with Gasteiger partial charge in [0.25, 0.3) is 0 Å². The first-order chi connectivity index (χ1) is 13.1. The van der Waals surface area contributed by atoms with Crippen molar-refractivity contribution in [1.29, 1.82) is 5.26 Å². The highest BCUT2D eigenvalue weighted by Crippen LogP contribution is 2.30. The maximum Gasteiger partial charge on any atom is 0.119 e. The Hall–Kier alpha value is -2.28. The number of nitrogens with zero attached hydrogens (tertiary/aromatic N) is 2. The second kappa shape index (κ2) is 10.8. The van der Waals surface area contributed by atoms with E-state index in [1.54, 1.807) is 0 Å². The van der Waals surface area contributed by atoms with E-state index in [4.69, 9.17) is 16.3 Å². The molecule has 0 saturated heterocycles. The van der Waals surface area contributed by atoms with Gasteiger partial charge in [-0.25, -0.2) is 0 Å². The van der Waals surface area contributed by atoms with Crippen LogP contribution in [0.4, 0.5) is 0 Å². The molecule has 0 unspecified atom stereocenters. The Balaban J connectivity index is 2.17. The van der Waals surface area contributed by atoms with Gasteiger partial charge in [-0.05, 0) is 60.5 Å². The van der Waals surface area contributed by atoms with Crippen molar-refractivity contribution in [3.63, 3.8) is 0 Å². The molecule has 3 nitrogen and oxygen atoms in total. The molecule has 0 aromatic heterocycles. The zero-order chi connectivity index (χ0) is 19.6. The van der Waals surface area contributed by atoms with E-state index >= 15 is 0 Å². The van der Waals surface area contributed by atoms with Crippen LogP contribution in [0.5, 0.6) is 5.75 Å². The SMILES string of the molecule is CC/C(=C(/C#N)c1ccc(Cl)cc1)c1ccc(OCCN(CC)CC)cc1. The second-order valence-corrected chi connectivity index (χ2v) is 6.66. The Bertz CT molecular complexity index is 785. The van der Waals surface area contributed by atoms with Crippen molar-refractivity contribution in [2.45, 2.75) is 27.2 Å². The van der Waals surface area contributed by atoms with Crippen LogP contribution in [0.2, 0.25) is 5.02 Å². The molecule has 0 atom stereocenters. The van der Waals surface area contributed by atoms with E-state index in [2.05, 4.69) is 31.7 Å². The van der Waals surface area contributed by atoms with E-state index in [0.717, 1.165) is 48.5 Å². The summed E-state index contributed by atoms with van der Waals surface area (Å²) >= 11 is 5.97. The van der Waals surface area contributed by atoms with Crippen molar-refractivity contribution in [2.75, 3.05) is 26.2 Å². The van der Waals surface area contributed by atoms with E-state index in [0.29, 0.717) is 17.2 Å². The van der Waals surface area contributed by atoms with Crippen molar-refractivity contribution >= 4 is 22.7 Å². The first kappa shape index (κ1) is 21.0. The van der Waals surface area contributed by atoms with Crippen LogP contribution in [0.3, 0.4) is 0 Å². The Morgan fingerprint density at radius 2 is 1.56 bits per heavy atom. The van der Waals surface area contributed by atoms with Crippen LogP contribution in [0.15, 0.2) is 48.5 Å². The van der Waals surface area contributed by atoms with Gasteiger partial charge in [-0.1, -0.05) is 56.6 Å². The summed E-state index contributed by atoms with van der Waals surface area (Å²) in [5.41, 5.74) is 3.64. The number of likely N-dealkylation sites (N-methyl/N-ethyl adjacent to an activating group) is 1. The topological polar surface area (TPSA) is 36.3 Å². The summed E-state index contributed by atoms with van der Waals surface area (Å²) in [6.07, 6.45) is 0.772. The van der Waals surface area contributed by atoms with Crippen molar-refractivity contribution in [3.05, 3.63) is 64.7 Å². The van der Waals surface area contributed by atoms with Gasteiger partial charge in [0.15, 0.2) is 0 Å². The lowest BCUT2D eigenvalue weighted by molar-refractivity contribution is 0.223. The summed E-state index contributed by atoms with van der Waals surface area (Å²) < 4.78 is 5.86. The van der Waals surface area contributed by atoms with Crippen LogP contribution in [-0.4, -0.2) is 31.1 Å². The minimum absolute atomic E-state index is 0.667. The molecule has 0 spiro atoms. The van der Waals surface area contributed by atoms with E-state index in [-0.39, 0.29) is 0 Å². The number of hydrogen-bond donors (Lipinski definition) is 0. The third-order valence-corrected chi connectivity index (χ3v) is 4.93. The van der Waals surface area contributed by atoms with Crippen LogP contribution in [0.25, 0.3) is 11.1 Å². The number of benzene rings is 2. The molecule has 0 N–H and O–H groups in total. The Kier molecular flexibility index (Phi) is 8.39. The predicted molar refractivity (Wildman–Crippen MR) is 114 cm³/mol. The first-order valence-corrected chi connectivity index (χ1v) is 9.85. The maximum absolute atomic E-state index is 9.71. The van der Waals surface area contributed by atoms with E-state index in [1.807, 2.05) is 48.5 Å². The Morgan fingerprint density at radius 3 is 2.07 bits per heavy atom. The van der Waals surface area contributed by atoms with Gasteiger partial charge >= 0.3 is 0 Å². The zero-order valence-corrected chi connectivity index (χ0v) is 17.1. The van der Waals surface area contributed by atoms with Crippen LogP contribution in [0.1, 0.15) is 38.3 Å². The lowest BCUT2D eigenvalue weighted by atomic mass is 9.93. The number of nitriles is 1. The number of allylic oxidation sites excluding steroid dienone is 2. The summed E-state index contributed by atoms with van der Waals surface area (Å²) in [5, 5.41) is 10.4. The van der Waals surface area contributed by atoms with E-state index < -0.39 is 0 Å². The smallest absolute Gasteiger partial charge is 0.119 e. The summed E-state index contributed by atoms with van der Waals surface area (Å²) in [5.74, 6) is 0.853. The molecule has 142 valence electrons. The average Bonchev–Trinajstić information content (AvgIpc) is 2.71. The largest absolute Gasteiger partial charge is 0.492 e. The molecular formula is C23H27ClN2O. The van der Waals surface area contributed by atoms with Crippen molar-refractivity contribution in [3.8, 4) is 11.8 Å². The highest BCUT2D eigenvalue weighted by molar-refractivity contribution is 6.30. The van der Waals surface area contributed by atoms with Crippen LogP contribution >= 0.6 is 11.6 Å². The quantitative estimate of drug-likeness (QED) is 0.399. The molecule has 0 fully saturated rings. The number of hydrogen-bond acceptors (Lipinski definition) is 3. The molecule has 0 heterocycles. The molecule has 2 rings (SSSR count). The standard InChI is InChI=1S/C23H27ClN2O/c1-4-22(23(17-25)19-7-11-20(24)12-8-19)18-9-13-21(14-10-18)27-16-15-26(5-2)6-3/h7-14H,4-6,15-16H2,1-3H3/b23-22+. The third-order valence-electron chi connectivity index (χ3n) is 4.67. The van der Waals surface area contributed by atoms with Gasteiger partial charge in [0, 0.05) is 11.6 Å². The molecule has 0 saturated carbocycles. The van der Waals surface area contributed by atoms with Gasteiger partial charge in [-0.2, -0.15) is 5.26 Å². The lowest BCUT2D eigenvalue weighted by Gasteiger charge is -2.18. The van der Waals surface area contributed by atoms with Crippen molar-refractivity contribution in [2.24, 2.45) is 0 Å². The van der Waals surface area contributed by atoms with Crippen LogP contribution < -0.4 is 4.74 Å². The molecule has 4 heteroatoms. The normalized spacial score (nSPS) is 11.9. The number of halogens is 1. The fourth-order valence-electron chi connectivity index (χ4n) is 3.03. The molecule has 0 aliphatic heterocycles. The second-order valence-electron chi connectivity index (χ2n) is 6.23. The van der Waals surface area contributed by atoms with E-state index in [9.17, 15) is 5.26 Å². The molecule has 27 heavy (non-hydrogen) atoms. The fourth-order valence-corrected chi connectivity index (χ4v) is 3.16. The van der Waals surface area contributed by atoms with Gasteiger partial charge in [0.1, 0.15) is 18.4 Å². The third kappa shape index (κ3) is 5.85. The van der Waals surface area contributed by atoms with Gasteiger partial charge in [0.2, 0.25) is 0 Å². The molecule has 2 aromatic carbocycles. The highest BCUT2D eigenvalue weighted by atomic mass is 35.5. The number of rotatable bonds is 9. The molecule has 0 aliphatic carbocycles. The number of ether oxygens (including phenoxy) is 1. The molecule has 0 aliphatic rings. The van der Waals surface area contributed by atoms with Crippen molar-refractivity contribution in [1.82, 2.24) is 4.90 Å². The Labute approximate surface area is 167 Å². The van der Waals surface area contributed by atoms with Gasteiger partial charge in [0.05, 0.1) is 5.57 Å². The van der Waals surface area contributed by atoms with Gasteiger partial charge in [-0.15, -0.1) is 0 Å². The monoisotopic (exact) mass is 382 g/mol. The predicted octanol–water partition coefficient (Wildman–Crippen LogP) is 5.90. The highest BCUT2D eigenvalue weighted by Gasteiger charge is 2.10. The Morgan fingerprint density at radius 1 is 0.963 bits per heavy atom. The van der Waals surface area contributed by atoms with Crippen LogP contribution in [-0.2, 0) is 0 Å². The summed E-state index contributed by atoms with van der Waals surface area (Å²) in [6.45, 7) is 10.0. The summed E-state index contributed by atoms with van der Waals surface area (Å²) in [4.78, 5) is 2.33. The van der Waals surface area contributed by atoms with Gasteiger partial charge < -0.3 is 9.64 Å². The first-order valence-electron chi connectivity index (χ1n) is 9.47. The minimum Gasteiger partial charge on any atom is -0.492 e. The minimum atomic E-state index is 0.667. The van der Waals surface area contributed by atoms with Crippen molar-refractivity contribution < 1.29 is 4.74 Å². The van der Waals surface area contributed by atoms with E-state index in [1.165, 1.54) is 0 Å².